The van der Waals surface area contributed by atoms with Crippen molar-refractivity contribution < 1.29 is 4.39 Å². The van der Waals surface area contributed by atoms with Crippen LogP contribution in [0.25, 0.3) is 5.57 Å². The first-order valence-electron chi connectivity index (χ1n) is 5.34. The van der Waals surface area contributed by atoms with Gasteiger partial charge in [-0.2, -0.15) is 0 Å². The van der Waals surface area contributed by atoms with Gasteiger partial charge >= 0.3 is 0 Å². The van der Waals surface area contributed by atoms with Crippen LogP contribution in [0, 0.1) is 0 Å². The molecule has 0 aromatic heterocycles. The highest BCUT2D eigenvalue weighted by molar-refractivity contribution is 5.75. The fourth-order valence-electron chi connectivity index (χ4n) is 1.41. The molecule has 0 N–H and O–H groups in total. The van der Waals surface area contributed by atoms with E-state index in [9.17, 15) is 4.39 Å². The minimum Gasteiger partial charge on any atom is -0.206 e. The molecule has 84 valence electrons. The third-order valence-corrected chi connectivity index (χ3v) is 2.48. The van der Waals surface area contributed by atoms with Crippen molar-refractivity contribution in [1.82, 2.24) is 0 Å². The molecule has 0 aliphatic heterocycles. The molecule has 0 bridgehead atoms. The quantitative estimate of drug-likeness (QED) is 0.630. The summed E-state index contributed by atoms with van der Waals surface area (Å²) in [5.41, 5.74) is 2.44. The SMILES string of the molecule is C=C/C=C(/F)C(=C)c1ccc(C(C)C)cc1. The number of benzene rings is 1. The summed E-state index contributed by atoms with van der Waals surface area (Å²) in [5.74, 6) is 0.142. The topological polar surface area (TPSA) is 0 Å². The summed E-state index contributed by atoms with van der Waals surface area (Å²) in [6.45, 7) is 11.4. The molecular formula is C15H17F. The van der Waals surface area contributed by atoms with Gasteiger partial charge in [0.2, 0.25) is 0 Å². The van der Waals surface area contributed by atoms with Crippen molar-refractivity contribution in [3.05, 3.63) is 66.5 Å². The predicted molar refractivity (Wildman–Crippen MR) is 69.0 cm³/mol. The monoisotopic (exact) mass is 216 g/mol. The first-order chi connectivity index (χ1) is 7.56. The zero-order chi connectivity index (χ0) is 12.1. The van der Waals surface area contributed by atoms with E-state index < -0.39 is 0 Å². The van der Waals surface area contributed by atoms with Crippen LogP contribution in [0.4, 0.5) is 4.39 Å². The van der Waals surface area contributed by atoms with E-state index in [2.05, 4.69) is 27.0 Å². The Labute approximate surface area is 96.8 Å². The number of hydrogen-bond acceptors (Lipinski definition) is 0. The standard InChI is InChI=1S/C15H17F/c1-5-6-15(16)12(4)14-9-7-13(8-10-14)11(2)3/h5-11H,1,4H2,2-3H3/b15-6+. The Morgan fingerprint density at radius 3 is 2.25 bits per heavy atom. The molecule has 1 aromatic carbocycles. The normalized spacial score (nSPS) is 11.6. The van der Waals surface area contributed by atoms with E-state index in [0.717, 1.165) is 5.56 Å². The van der Waals surface area contributed by atoms with Crippen molar-refractivity contribution in [3.8, 4) is 0 Å². The molecule has 0 aliphatic carbocycles. The third-order valence-electron chi connectivity index (χ3n) is 2.48. The van der Waals surface area contributed by atoms with Gasteiger partial charge in [0.25, 0.3) is 0 Å². The molecule has 0 atom stereocenters. The first kappa shape index (κ1) is 12.4. The summed E-state index contributed by atoms with van der Waals surface area (Å²) in [6.07, 6.45) is 2.74. The Bertz CT molecular complexity index is 408. The van der Waals surface area contributed by atoms with E-state index >= 15 is 0 Å². The Morgan fingerprint density at radius 1 is 1.25 bits per heavy atom. The molecule has 0 unspecified atom stereocenters. The van der Waals surface area contributed by atoms with Gasteiger partial charge in [-0.15, -0.1) is 0 Å². The zero-order valence-corrected chi connectivity index (χ0v) is 9.83. The maximum Gasteiger partial charge on any atom is 0.130 e. The third kappa shape index (κ3) is 2.93. The number of hydrogen-bond donors (Lipinski definition) is 0. The lowest BCUT2D eigenvalue weighted by atomic mass is 9.99. The summed E-state index contributed by atoms with van der Waals surface area (Å²) in [6, 6.07) is 7.81. The van der Waals surface area contributed by atoms with E-state index in [0.29, 0.717) is 11.5 Å². The summed E-state index contributed by atoms with van der Waals surface area (Å²) in [4.78, 5) is 0. The van der Waals surface area contributed by atoms with Crippen LogP contribution in [-0.4, -0.2) is 0 Å². The molecule has 0 fully saturated rings. The van der Waals surface area contributed by atoms with Crippen LogP contribution in [0.2, 0.25) is 0 Å². The molecule has 1 rings (SSSR count). The van der Waals surface area contributed by atoms with Gasteiger partial charge in [0.05, 0.1) is 0 Å². The second-order valence-electron chi connectivity index (χ2n) is 4.01. The van der Waals surface area contributed by atoms with Crippen LogP contribution >= 0.6 is 0 Å². The van der Waals surface area contributed by atoms with Gasteiger partial charge in [-0.25, -0.2) is 4.39 Å². The van der Waals surface area contributed by atoms with Crippen LogP contribution in [0.15, 0.2) is 55.4 Å². The molecule has 0 radical (unpaired) electrons. The van der Waals surface area contributed by atoms with Crippen LogP contribution in [0.5, 0.6) is 0 Å². The van der Waals surface area contributed by atoms with E-state index in [4.69, 9.17) is 0 Å². The lowest BCUT2D eigenvalue weighted by Crippen LogP contribution is -1.89. The van der Waals surface area contributed by atoms with Crippen LogP contribution in [0.3, 0.4) is 0 Å². The second-order valence-corrected chi connectivity index (χ2v) is 4.01. The van der Waals surface area contributed by atoms with E-state index in [1.165, 1.54) is 17.7 Å². The molecule has 16 heavy (non-hydrogen) atoms. The van der Waals surface area contributed by atoms with E-state index in [1.807, 2.05) is 24.3 Å². The summed E-state index contributed by atoms with van der Waals surface area (Å²) in [7, 11) is 0. The highest BCUT2D eigenvalue weighted by Gasteiger charge is 2.05. The molecule has 0 aliphatic rings. The van der Waals surface area contributed by atoms with Crippen LogP contribution in [-0.2, 0) is 0 Å². The maximum atomic E-state index is 13.4. The zero-order valence-electron chi connectivity index (χ0n) is 9.83. The molecule has 0 saturated heterocycles. The molecule has 0 saturated carbocycles. The Morgan fingerprint density at radius 2 is 1.81 bits per heavy atom. The van der Waals surface area contributed by atoms with Gasteiger partial charge < -0.3 is 0 Å². The van der Waals surface area contributed by atoms with Crippen molar-refractivity contribution >= 4 is 5.57 Å². The van der Waals surface area contributed by atoms with Gasteiger partial charge in [-0.05, 0) is 23.1 Å². The van der Waals surface area contributed by atoms with Gasteiger partial charge in [-0.3, -0.25) is 0 Å². The fraction of sp³-hybridized carbons (Fsp3) is 0.200. The van der Waals surface area contributed by atoms with Crippen LogP contribution < -0.4 is 0 Å². The van der Waals surface area contributed by atoms with Gasteiger partial charge in [-0.1, -0.05) is 57.3 Å². The first-order valence-corrected chi connectivity index (χ1v) is 5.34. The minimum atomic E-state index is -0.340. The van der Waals surface area contributed by atoms with Gasteiger partial charge in [0.1, 0.15) is 5.83 Å². The highest BCUT2D eigenvalue weighted by Crippen LogP contribution is 2.24. The second kappa shape index (κ2) is 5.45. The smallest absolute Gasteiger partial charge is 0.130 e. The lowest BCUT2D eigenvalue weighted by Gasteiger charge is -2.07. The lowest BCUT2D eigenvalue weighted by molar-refractivity contribution is 0.674. The molecule has 1 heteroatoms. The molecule has 1 aromatic rings. The molecule has 0 nitrogen and oxygen atoms in total. The van der Waals surface area contributed by atoms with E-state index in [-0.39, 0.29) is 5.83 Å². The van der Waals surface area contributed by atoms with Gasteiger partial charge in [0, 0.05) is 5.57 Å². The number of allylic oxidation sites excluding steroid dienone is 4. The number of rotatable bonds is 4. The molecule has 0 heterocycles. The summed E-state index contributed by atoms with van der Waals surface area (Å²) in [5, 5.41) is 0. The van der Waals surface area contributed by atoms with Crippen molar-refractivity contribution in [2.45, 2.75) is 19.8 Å². The Kier molecular flexibility index (Phi) is 4.24. The van der Waals surface area contributed by atoms with Gasteiger partial charge in [0.15, 0.2) is 0 Å². The van der Waals surface area contributed by atoms with Crippen LogP contribution in [0.1, 0.15) is 30.9 Å². The summed E-state index contributed by atoms with van der Waals surface area (Å²) < 4.78 is 13.4. The fourth-order valence-corrected chi connectivity index (χ4v) is 1.41. The average Bonchev–Trinajstić information content (AvgIpc) is 2.28. The average molecular weight is 216 g/mol. The highest BCUT2D eigenvalue weighted by atomic mass is 19.1. The molecular weight excluding hydrogens is 199 g/mol. The van der Waals surface area contributed by atoms with E-state index in [1.54, 1.807) is 0 Å². The predicted octanol–water partition coefficient (Wildman–Crippen LogP) is 4.86. The summed E-state index contributed by atoms with van der Waals surface area (Å²) >= 11 is 0. The number of halogens is 1. The Hall–Kier alpha value is -1.63. The molecule has 0 amide bonds. The minimum absolute atomic E-state index is 0.340. The van der Waals surface area contributed by atoms with Crippen molar-refractivity contribution in [3.63, 3.8) is 0 Å². The van der Waals surface area contributed by atoms with Crippen molar-refractivity contribution in [1.29, 1.82) is 0 Å². The van der Waals surface area contributed by atoms with Crippen molar-refractivity contribution in [2.24, 2.45) is 0 Å². The largest absolute Gasteiger partial charge is 0.206 e. The Balaban J connectivity index is 2.94. The maximum absolute atomic E-state index is 13.4. The van der Waals surface area contributed by atoms with Crippen molar-refractivity contribution in [2.75, 3.05) is 0 Å². The molecule has 0 spiro atoms.